The molecule has 0 radical (unpaired) electrons. The molecular formula is C15H18ClNO2. The highest BCUT2D eigenvalue weighted by Crippen LogP contribution is 2.33. The predicted molar refractivity (Wildman–Crippen MR) is 74.7 cm³/mol. The fourth-order valence-electron chi connectivity index (χ4n) is 2.55. The van der Waals surface area contributed by atoms with Crippen LogP contribution in [0.2, 0.25) is 5.02 Å². The third-order valence-electron chi connectivity index (χ3n) is 3.79. The van der Waals surface area contributed by atoms with Crippen molar-refractivity contribution in [3.63, 3.8) is 0 Å². The zero-order valence-electron chi connectivity index (χ0n) is 10.9. The first-order valence-corrected chi connectivity index (χ1v) is 7.34. The Morgan fingerprint density at radius 3 is 3.05 bits per heavy atom. The first-order valence-electron chi connectivity index (χ1n) is 6.96. The number of halogens is 1. The SMILES string of the molecule is O=C(NCCCc1c(Cl)ccc2c1CCO2)C1CC1. The van der Waals surface area contributed by atoms with E-state index in [0.717, 1.165) is 56.0 Å². The van der Waals surface area contributed by atoms with Crippen LogP contribution in [0.15, 0.2) is 12.1 Å². The molecule has 3 rings (SSSR count). The molecule has 0 bridgehead atoms. The number of hydrogen-bond donors (Lipinski definition) is 1. The van der Waals surface area contributed by atoms with E-state index in [2.05, 4.69) is 5.32 Å². The molecule has 0 unspecified atom stereocenters. The molecule has 19 heavy (non-hydrogen) atoms. The van der Waals surface area contributed by atoms with Gasteiger partial charge in [0.25, 0.3) is 0 Å². The zero-order valence-corrected chi connectivity index (χ0v) is 11.6. The smallest absolute Gasteiger partial charge is 0.223 e. The van der Waals surface area contributed by atoms with Gasteiger partial charge in [-0.3, -0.25) is 4.79 Å². The number of carbonyl (C=O) groups excluding carboxylic acids is 1. The maximum atomic E-state index is 11.5. The van der Waals surface area contributed by atoms with Crippen LogP contribution in [0.3, 0.4) is 0 Å². The van der Waals surface area contributed by atoms with Crippen molar-refractivity contribution >= 4 is 17.5 Å². The normalized spacial score (nSPS) is 16.9. The number of carbonyl (C=O) groups is 1. The van der Waals surface area contributed by atoms with Crippen molar-refractivity contribution < 1.29 is 9.53 Å². The van der Waals surface area contributed by atoms with Gasteiger partial charge in [0, 0.05) is 29.5 Å². The second-order valence-electron chi connectivity index (χ2n) is 5.27. The van der Waals surface area contributed by atoms with Crippen LogP contribution in [0, 0.1) is 5.92 Å². The monoisotopic (exact) mass is 279 g/mol. The van der Waals surface area contributed by atoms with Gasteiger partial charge in [-0.2, -0.15) is 0 Å². The topological polar surface area (TPSA) is 38.3 Å². The summed E-state index contributed by atoms with van der Waals surface area (Å²) in [5, 5.41) is 3.81. The Kier molecular flexibility index (Phi) is 3.65. The minimum absolute atomic E-state index is 0.215. The number of ether oxygens (including phenoxy) is 1. The summed E-state index contributed by atoms with van der Waals surface area (Å²) in [4.78, 5) is 11.5. The molecule has 1 heterocycles. The molecule has 0 atom stereocenters. The maximum Gasteiger partial charge on any atom is 0.223 e. The summed E-state index contributed by atoms with van der Waals surface area (Å²) in [5.41, 5.74) is 2.44. The molecule has 1 aromatic carbocycles. The van der Waals surface area contributed by atoms with Crippen molar-refractivity contribution in [2.24, 2.45) is 5.92 Å². The van der Waals surface area contributed by atoms with Crippen LogP contribution in [0.4, 0.5) is 0 Å². The van der Waals surface area contributed by atoms with Gasteiger partial charge in [-0.15, -0.1) is 0 Å². The lowest BCUT2D eigenvalue weighted by Crippen LogP contribution is -2.26. The molecule has 0 saturated heterocycles. The van der Waals surface area contributed by atoms with Crippen molar-refractivity contribution in [1.82, 2.24) is 5.32 Å². The Morgan fingerprint density at radius 1 is 1.42 bits per heavy atom. The average molecular weight is 280 g/mol. The molecule has 4 heteroatoms. The van der Waals surface area contributed by atoms with E-state index >= 15 is 0 Å². The van der Waals surface area contributed by atoms with Gasteiger partial charge in [0.1, 0.15) is 5.75 Å². The zero-order chi connectivity index (χ0) is 13.2. The second-order valence-corrected chi connectivity index (χ2v) is 5.68. The van der Waals surface area contributed by atoms with Crippen LogP contribution < -0.4 is 10.1 Å². The fourth-order valence-corrected chi connectivity index (χ4v) is 2.82. The van der Waals surface area contributed by atoms with Gasteiger partial charge in [0.05, 0.1) is 6.61 Å². The average Bonchev–Trinajstić information content (AvgIpc) is 3.15. The molecule has 0 aromatic heterocycles. The number of amides is 1. The molecule has 1 aliphatic carbocycles. The van der Waals surface area contributed by atoms with Crippen LogP contribution in [-0.2, 0) is 17.6 Å². The lowest BCUT2D eigenvalue weighted by molar-refractivity contribution is -0.122. The third kappa shape index (κ3) is 2.86. The summed E-state index contributed by atoms with van der Waals surface area (Å²) in [6.45, 7) is 1.48. The molecule has 1 N–H and O–H groups in total. The van der Waals surface area contributed by atoms with Crippen molar-refractivity contribution in [1.29, 1.82) is 0 Å². The summed E-state index contributed by atoms with van der Waals surface area (Å²) in [6.07, 6.45) is 4.88. The first-order chi connectivity index (χ1) is 9.25. The fraction of sp³-hybridized carbons (Fsp3) is 0.533. The Labute approximate surface area is 118 Å². The van der Waals surface area contributed by atoms with E-state index in [4.69, 9.17) is 16.3 Å². The highest BCUT2D eigenvalue weighted by atomic mass is 35.5. The minimum Gasteiger partial charge on any atom is -0.493 e. The molecule has 3 nitrogen and oxygen atoms in total. The first kappa shape index (κ1) is 12.8. The lowest BCUT2D eigenvalue weighted by atomic mass is 10.0. The van der Waals surface area contributed by atoms with Gasteiger partial charge in [-0.25, -0.2) is 0 Å². The Hall–Kier alpha value is -1.22. The van der Waals surface area contributed by atoms with Crippen LogP contribution in [0.1, 0.15) is 30.4 Å². The van der Waals surface area contributed by atoms with Gasteiger partial charge in [-0.05, 0) is 43.4 Å². The summed E-state index contributed by atoms with van der Waals surface area (Å²) < 4.78 is 5.55. The van der Waals surface area contributed by atoms with E-state index in [-0.39, 0.29) is 11.8 Å². The van der Waals surface area contributed by atoms with Gasteiger partial charge >= 0.3 is 0 Å². The molecule has 102 valence electrons. The third-order valence-corrected chi connectivity index (χ3v) is 4.15. The standard InChI is InChI=1S/C15H18ClNO2/c16-13-5-6-14-12(7-9-19-14)11(13)2-1-8-17-15(18)10-3-4-10/h5-6,10H,1-4,7-9H2,(H,17,18). The van der Waals surface area contributed by atoms with E-state index in [1.54, 1.807) is 0 Å². The predicted octanol–water partition coefficient (Wildman–Crippen LogP) is 2.73. The van der Waals surface area contributed by atoms with Crippen molar-refractivity contribution in [2.75, 3.05) is 13.2 Å². The van der Waals surface area contributed by atoms with Crippen LogP contribution in [0.5, 0.6) is 5.75 Å². The number of hydrogen-bond acceptors (Lipinski definition) is 2. The van der Waals surface area contributed by atoms with E-state index in [1.807, 2.05) is 12.1 Å². The summed E-state index contributed by atoms with van der Waals surface area (Å²) in [7, 11) is 0. The number of fused-ring (bicyclic) bond motifs is 1. The quantitative estimate of drug-likeness (QED) is 0.842. The minimum atomic E-state index is 0.215. The Bertz CT molecular complexity index is 497. The number of benzene rings is 1. The molecule has 1 aromatic rings. The number of nitrogens with one attached hydrogen (secondary N) is 1. The molecular weight excluding hydrogens is 262 g/mol. The lowest BCUT2D eigenvalue weighted by Gasteiger charge is -2.10. The number of rotatable bonds is 5. The molecule has 1 fully saturated rings. The maximum absolute atomic E-state index is 11.5. The van der Waals surface area contributed by atoms with Crippen molar-refractivity contribution in [3.8, 4) is 5.75 Å². The highest BCUT2D eigenvalue weighted by Gasteiger charge is 2.29. The van der Waals surface area contributed by atoms with Crippen molar-refractivity contribution in [2.45, 2.75) is 32.1 Å². The highest BCUT2D eigenvalue weighted by molar-refractivity contribution is 6.31. The van der Waals surface area contributed by atoms with Gasteiger partial charge in [0.15, 0.2) is 0 Å². The summed E-state index contributed by atoms with van der Waals surface area (Å²) in [5.74, 6) is 1.48. The Morgan fingerprint density at radius 2 is 2.26 bits per heavy atom. The molecule has 1 amide bonds. The van der Waals surface area contributed by atoms with E-state index < -0.39 is 0 Å². The molecule has 1 saturated carbocycles. The summed E-state index contributed by atoms with van der Waals surface area (Å²) >= 11 is 6.27. The van der Waals surface area contributed by atoms with Gasteiger partial charge in [0.2, 0.25) is 5.91 Å². The molecule has 0 spiro atoms. The van der Waals surface area contributed by atoms with Crippen LogP contribution in [-0.4, -0.2) is 19.1 Å². The van der Waals surface area contributed by atoms with Gasteiger partial charge < -0.3 is 10.1 Å². The van der Waals surface area contributed by atoms with E-state index in [9.17, 15) is 4.79 Å². The van der Waals surface area contributed by atoms with Crippen LogP contribution >= 0.6 is 11.6 Å². The van der Waals surface area contributed by atoms with E-state index in [1.165, 1.54) is 11.1 Å². The van der Waals surface area contributed by atoms with E-state index in [0.29, 0.717) is 0 Å². The summed E-state index contributed by atoms with van der Waals surface area (Å²) in [6, 6.07) is 3.85. The molecule has 1 aliphatic heterocycles. The largest absolute Gasteiger partial charge is 0.493 e. The Balaban J connectivity index is 1.55. The molecule has 2 aliphatic rings. The second kappa shape index (κ2) is 5.41. The van der Waals surface area contributed by atoms with Crippen LogP contribution in [0.25, 0.3) is 0 Å². The van der Waals surface area contributed by atoms with Gasteiger partial charge in [-0.1, -0.05) is 11.6 Å². The van der Waals surface area contributed by atoms with Crippen molar-refractivity contribution in [3.05, 3.63) is 28.3 Å².